The number of rotatable bonds is 7. The molecule has 0 aromatic heterocycles. The zero-order valence-electron chi connectivity index (χ0n) is 13.2. The van der Waals surface area contributed by atoms with Gasteiger partial charge in [0.05, 0.1) is 12.3 Å². The van der Waals surface area contributed by atoms with E-state index in [1.165, 1.54) is 0 Å². The van der Waals surface area contributed by atoms with Crippen molar-refractivity contribution >= 4 is 23.0 Å². The summed E-state index contributed by atoms with van der Waals surface area (Å²) in [7, 11) is 1.67. The first-order valence-electron chi connectivity index (χ1n) is 7.20. The first-order valence-corrected chi connectivity index (χ1v) is 7.61. The van der Waals surface area contributed by atoms with Crippen molar-refractivity contribution in [3.05, 3.63) is 35.9 Å². The number of thiocarbonyl (C=S) groups is 1. The minimum atomic E-state index is 0.149. The summed E-state index contributed by atoms with van der Waals surface area (Å²) in [6.07, 6.45) is 0.896. The van der Waals surface area contributed by atoms with E-state index < -0.39 is 0 Å². The molecule has 0 saturated carbocycles. The first-order chi connectivity index (χ1) is 10.0. The minimum Gasteiger partial charge on any atom is -0.383 e. The third-order valence-corrected chi connectivity index (χ3v) is 3.00. The second kappa shape index (κ2) is 9.47. The van der Waals surface area contributed by atoms with E-state index in [9.17, 15) is 0 Å². The standard InChI is InChI=1S/C16H25N3OS/c1-12(2)10-15(14-8-6-5-7-9-14)18-19-16(21)17-13(3)11-20-4/h5-9,12-13H,10-11H2,1-4H3,(H2,17,19,21)/b18-15-/t13-/m1/s1. The topological polar surface area (TPSA) is 45.6 Å². The fourth-order valence-corrected chi connectivity index (χ4v) is 2.16. The van der Waals surface area contributed by atoms with Gasteiger partial charge in [0, 0.05) is 13.2 Å². The van der Waals surface area contributed by atoms with Gasteiger partial charge in [-0.2, -0.15) is 5.10 Å². The van der Waals surface area contributed by atoms with Gasteiger partial charge in [-0.25, -0.2) is 0 Å². The van der Waals surface area contributed by atoms with Crippen molar-refractivity contribution < 1.29 is 4.74 Å². The molecule has 0 aliphatic heterocycles. The van der Waals surface area contributed by atoms with Crippen LogP contribution in [0.25, 0.3) is 0 Å². The van der Waals surface area contributed by atoms with E-state index in [1.54, 1.807) is 7.11 Å². The molecule has 0 saturated heterocycles. The summed E-state index contributed by atoms with van der Waals surface area (Å²) in [5, 5.41) is 8.11. The Hall–Kier alpha value is -1.46. The molecule has 1 aromatic carbocycles. The van der Waals surface area contributed by atoms with Crippen LogP contribution in [0.1, 0.15) is 32.8 Å². The molecule has 5 heteroatoms. The van der Waals surface area contributed by atoms with Crippen LogP contribution in [0.2, 0.25) is 0 Å². The smallest absolute Gasteiger partial charge is 0.187 e. The van der Waals surface area contributed by atoms with E-state index in [4.69, 9.17) is 17.0 Å². The van der Waals surface area contributed by atoms with Crippen LogP contribution in [0.3, 0.4) is 0 Å². The van der Waals surface area contributed by atoms with Crippen LogP contribution in [0.15, 0.2) is 35.4 Å². The fourth-order valence-electron chi connectivity index (χ4n) is 1.91. The van der Waals surface area contributed by atoms with Crippen molar-refractivity contribution in [2.45, 2.75) is 33.2 Å². The van der Waals surface area contributed by atoms with Gasteiger partial charge in [-0.05, 0) is 37.0 Å². The number of methoxy groups -OCH3 is 1. The number of hydrogen-bond donors (Lipinski definition) is 2. The molecule has 4 nitrogen and oxygen atoms in total. The number of benzene rings is 1. The second-order valence-corrected chi connectivity index (χ2v) is 5.87. The van der Waals surface area contributed by atoms with E-state index in [-0.39, 0.29) is 6.04 Å². The Bertz CT molecular complexity index is 460. The van der Waals surface area contributed by atoms with Crippen molar-refractivity contribution in [1.29, 1.82) is 0 Å². The van der Waals surface area contributed by atoms with Crippen molar-refractivity contribution in [3.8, 4) is 0 Å². The Labute approximate surface area is 133 Å². The maximum absolute atomic E-state index is 5.24. The molecule has 116 valence electrons. The fraction of sp³-hybridized carbons (Fsp3) is 0.500. The van der Waals surface area contributed by atoms with Gasteiger partial charge >= 0.3 is 0 Å². The van der Waals surface area contributed by atoms with Crippen molar-refractivity contribution in [2.24, 2.45) is 11.0 Å². The third-order valence-electron chi connectivity index (χ3n) is 2.80. The Kier molecular flexibility index (Phi) is 7.93. The normalized spacial score (nSPS) is 13.1. The van der Waals surface area contributed by atoms with Gasteiger partial charge in [0.1, 0.15) is 0 Å². The average Bonchev–Trinajstić information content (AvgIpc) is 2.44. The molecule has 21 heavy (non-hydrogen) atoms. The second-order valence-electron chi connectivity index (χ2n) is 5.46. The van der Waals surface area contributed by atoms with E-state index in [0.717, 1.165) is 17.7 Å². The molecule has 0 spiro atoms. The monoisotopic (exact) mass is 307 g/mol. The zero-order valence-corrected chi connectivity index (χ0v) is 14.0. The molecule has 0 bridgehead atoms. The zero-order chi connectivity index (χ0) is 15.7. The summed E-state index contributed by atoms with van der Waals surface area (Å²) in [6, 6.07) is 10.3. The lowest BCUT2D eigenvalue weighted by molar-refractivity contribution is 0.179. The van der Waals surface area contributed by atoms with Gasteiger partial charge in [0.25, 0.3) is 0 Å². The highest BCUT2D eigenvalue weighted by Gasteiger charge is 2.07. The quantitative estimate of drug-likeness (QED) is 0.462. The molecule has 0 fully saturated rings. The van der Waals surface area contributed by atoms with Gasteiger partial charge < -0.3 is 10.1 Å². The molecule has 1 rings (SSSR count). The summed E-state index contributed by atoms with van der Waals surface area (Å²) < 4.78 is 5.07. The maximum Gasteiger partial charge on any atom is 0.187 e. The predicted octanol–water partition coefficient (Wildman–Crippen LogP) is 2.94. The predicted molar refractivity (Wildman–Crippen MR) is 92.6 cm³/mol. The van der Waals surface area contributed by atoms with Crippen molar-refractivity contribution in [1.82, 2.24) is 10.7 Å². The van der Waals surface area contributed by atoms with E-state index in [2.05, 4.69) is 41.8 Å². The molecule has 0 heterocycles. The molecular formula is C16H25N3OS. The van der Waals surface area contributed by atoms with Crippen molar-refractivity contribution in [3.63, 3.8) is 0 Å². The van der Waals surface area contributed by atoms with E-state index in [0.29, 0.717) is 17.6 Å². The van der Waals surface area contributed by atoms with Gasteiger partial charge in [-0.15, -0.1) is 0 Å². The van der Waals surface area contributed by atoms with Crippen molar-refractivity contribution in [2.75, 3.05) is 13.7 Å². The Morgan fingerprint density at radius 3 is 2.48 bits per heavy atom. The lowest BCUT2D eigenvalue weighted by atomic mass is 10.0. The number of ether oxygens (including phenoxy) is 1. The Morgan fingerprint density at radius 2 is 1.90 bits per heavy atom. The summed E-state index contributed by atoms with van der Waals surface area (Å²) in [4.78, 5) is 0. The Morgan fingerprint density at radius 1 is 1.24 bits per heavy atom. The summed E-state index contributed by atoms with van der Waals surface area (Å²) in [5.41, 5.74) is 5.05. The van der Waals surface area contributed by atoms with E-state index >= 15 is 0 Å². The van der Waals surface area contributed by atoms with Crippen LogP contribution in [-0.4, -0.2) is 30.6 Å². The minimum absolute atomic E-state index is 0.149. The highest BCUT2D eigenvalue weighted by molar-refractivity contribution is 7.80. The largest absolute Gasteiger partial charge is 0.383 e. The average molecular weight is 307 g/mol. The maximum atomic E-state index is 5.24. The highest BCUT2D eigenvalue weighted by Crippen LogP contribution is 2.10. The SMILES string of the molecule is COC[C@@H](C)NC(=S)N/N=C(/CC(C)C)c1ccccc1. The molecule has 0 unspecified atom stereocenters. The molecule has 0 amide bonds. The van der Waals surface area contributed by atoms with Crippen LogP contribution in [-0.2, 0) is 4.74 Å². The Balaban J connectivity index is 2.69. The summed E-state index contributed by atoms with van der Waals surface area (Å²) in [5.74, 6) is 0.528. The van der Waals surface area contributed by atoms with Gasteiger partial charge in [-0.1, -0.05) is 44.2 Å². The summed E-state index contributed by atoms with van der Waals surface area (Å²) in [6.45, 7) is 6.96. The van der Waals surface area contributed by atoms with Gasteiger partial charge in [-0.3, -0.25) is 5.43 Å². The lowest BCUT2D eigenvalue weighted by Crippen LogP contribution is -2.40. The molecule has 0 aliphatic rings. The van der Waals surface area contributed by atoms with Crippen LogP contribution in [0, 0.1) is 5.92 Å². The lowest BCUT2D eigenvalue weighted by Gasteiger charge is -2.15. The van der Waals surface area contributed by atoms with Crippen LogP contribution in [0.5, 0.6) is 0 Å². The van der Waals surface area contributed by atoms with Crippen LogP contribution >= 0.6 is 12.2 Å². The highest BCUT2D eigenvalue weighted by atomic mass is 32.1. The summed E-state index contributed by atoms with van der Waals surface area (Å²) >= 11 is 5.24. The van der Waals surface area contributed by atoms with Crippen LogP contribution < -0.4 is 10.7 Å². The number of nitrogens with one attached hydrogen (secondary N) is 2. The molecule has 0 radical (unpaired) electrons. The molecule has 1 atom stereocenters. The molecule has 0 aliphatic carbocycles. The molecular weight excluding hydrogens is 282 g/mol. The van der Waals surface area contributed by atoms with Gasteiger partial charge in [0.15, 0.2) is 5.11 Å². The molecule has 1 aromatic rings. The number of nitrogens with zero attached hydrogens (tertiary/aromatic N) is 1. The van der Waals surface area contributed by atoms with Crippen LogP contribution in [0.4, 0.5) is 0 Å². The first kappa shape index (κ1) is 17.6. The molecule has 2 N–H and O–H groups in total. The number of hydrazone groups is 1. The van der Waals surface area contributed by atoms with Gasteiger partial charge in [0.2, 0.25) is 0 Å². The number of hydrogen-bond acceptors (Lipinski definition) is 3. The third kappa shape index (κ3) is 7.20. The van der Waals surface area contributed by atoms with E-state index in [1.807, 2.05) is 25.1 Å².